The maximum absolute atomic E-state index is 11.9. The van der Waals surface area contributed by atoms with Crippen molar-refractivity contribution >= 4 is 5.97 Å². The lowest BCUT2D eigenvalue weighted by Crippen LogP contribution is -2.34. The van der Waals surface area contributed by atoms with Gasteiger partial charge in [0.25, 0.3) is 0 Å². The van der Waals surface area contributed by atoms with E-state index in [-0.39, 0.29) is 24.5 Å². The van der Waals surface area contributed by atoms with Gasteiger partial charge in [-0.15, -0.1) is 6.58 Å². The quantitative estimate of drug-likeness (QED) is 0.617. The van der Waals surface area contributed by atoms with E-state index in [1.54, 1.807) is 13.2 Å². The molecule has 4 nitrogen and oxygen atoms in total. The van der Waals surface area contributed by atoms with Crippen molar-refractivity contribution < 1.29 is 14.3 Å². The summed E-state index contributed by atoms with van der Waals surface area (Å²) in [6.07, 6.45) is 2.01. The molecule has 4 heteroatoms. The Morgan fingerprint density at radius 1 is 1.32 bits per heavy atom. The topological polar surface area (TPSA) is 47.6 Å². The van der Waals surface area contributed by atoms with E-state index in [0.29, 0.717) is 0 Å². The maximum Gasteiger partial charge on any atom is 0.308 e. The Hall–Kier alpha value is -1.81. The molecule has 0 aromatic heterocycles. The van der Waals surface area contributed by atoms with Gasteiger partial charge in [-0.3, -0.25) is 4.79 Å². The van der Waals surface area contributed by atoms with Crippen LogP contribution in [0, 0.1) is 0 Å². The van der Waals surface area contributed by atoms with Crippen molar-refractivity contribution in [2.75, 3.05) is 7.11 Å². The first-order chi connectivity index (χ1) is 10.2. The average molecular weight is 305 g/mol. The van der Waals surface area contributed by atoms with Crippen molar-refractivity contribution in [2.24, 2.45) is 0 Å². The molecule has 0 aliphatic carbocycles. The van der Waals surface area contributed by atoms with Crippen molar-refractivity contribution in [3.8, 4) is 5.75 Å². The highest BCUT2D eigenvalue weighted by Crippen LogP contribution is 2.18. The maximum atomic E-state index is 11.9. The summed E-state index contributed by atoms with van der Waals surface area (Å²) in [5.41, 5.74) is 0.654. The molecule has 0 fully saturated rings. The minimum absolute atomic E-state index is 0.0938. The summed E-state index contributed by atoms with van der Waals surface area (Å²) in [6.45, 7) is 11.4. The van der Waals surface area contributed by atoms with E-state index in [9.17, 15) is 4.79 Å². The van der Waals surface area contributed by atoms with Gasteiger partial charge in [0.05, 0.1) is 13.5 Å². The molecular formula is C18H27NO3. The molecule has 1 aromatic carbocycles. The zero-order valence-electron chi connectivity index (χ0n) is 14.2. The predicted octanol–water partition coefficient (Wildman–Crippen LogP) is 3.63. The number of methoxy groups -OCH3 is 1. The highest BCUT2D eigenvalue weighted by molar-refractivity contribution is 5.71. The van der Waals surface area contributed by atoms with Gasteiger partial charge in [0.15, 0.2) is 0 Å². The van der Waals surface area contributed by atoms with Gasteiger partial charge in [-0.2, -0.15) is 0 Å². The molecule has 0 saturated heterocycles. The predicted molar refractivity (Wildman–Crippen MR) is 89.0 cm³/mol. The third-order valence-corrected chi connectivity index (χ3v) is 3.17. The van der Waals surface area contributed by atoms with Crippen LogP contribution in [0.4, 0.5) is 0 Å². The number of nitrogens with one attached hydrogen (secondary N) is 1. The molecule has 0 aliphatic rings. The SMILES string of the molecule is C=C[C@@H](CC(=O)OC(C)(C)C)N[C@@H](C)c1ccc(OC)cc1. The zero-order chi connectivity index (χ0) is 16.8. The number of carbonyl (C=O) groups excluding carboxylic acids is 1. The Balaban J connectivity index is 2.60. The molecule has 0 heterocycles. The van der Waals surface area contributed by atoms with E-state index in [2.05, 4.69) is 11.9 Å². The summed E-state index contributed by atoms with van der Waals surface area (Å²) >= 11 is 0. The van der Waals surface area contributed by atoms with Gasteiger partial charge in [-0.25, -0.2) is 0 Å². The highest BCUT2D eigenvalue weighted by atomic mass is 16.6. The fourth-order valence-electron chi connectivity index (χ4n) is 2.08. The Kier molecular flexibility index (Phi) is 6.62. The Morgan fingerprint density at radius 3 is 2.36 bits per heavy atom. The van der Waals surface area contributed by atoms with Gasteiger partial charge in [0.2, 0.25) is 0 Å². The lowest BCUT2D eigenvalue weighted by Gasteiger charge is -2.24. The number of hydrogen-bond acceptors (Lipinski definition) is 4. The summed E-state index contributed by atoms with van der Waals surface area (Å²) in [5.74, 6) is 0.594. The molecule has 2 atom stereocenters. The number of esters is 1. The second kappa shape index (κ2) is 7.99. The van der Waals surface area contributed by atoms with E-state index < -0.39 is 5.60 Å². The third-order valence-electron chi connectivity index (χ3n) is 3.17. The van der Waals surface area contributed by atoms with Crippen molar-refractivity contribution in [1.29, 1.82) is 0 Å². The van der Waals surface area contributed by atoms with Crippen LogP contribution in [-0.4, -0.2) is 24.7 Å². The summed E-state index contributed by atoms with van der Waals surface area (Å²) in [6, 6.07) is 7.81. The van der Waals surface area contributed by atoms with Crippen molar-refractivity contribution in [2.45, 2.75) is 51.8 Å². The number of hydrogen-bond donors (Lipinski definition) is 1. The minimum atomic E-state index is -0.468. The summed E-state index contributed by atoms with van der Waals surface area (Å²) in [4.78, 5) is 11.9. The van der Waals surface area contributed by atoms with Crippen LogP contribution in [0.2, 0.25) is 0 Å². The largest absolute Gasteiger partial charge is 0.497 e. The van der Waals surface area contributed by atoms with Gasteiger partial charge in [-0.05, 0) is 45.4 Å². The van der Waals surface area contributed by atoms with Crippen LogP contribution in [-0.2, 0) is 9.53 Å². The highest BCUT2D eigenvalue weighted by Gasteiger charge is 2.20. The average Bonchev–Trinajstić information content (AvgIpc) is 2.44. The lowest BCUT2D eigenvalue weighted by molar-refractivity contribution is -0.155. The Labute approximate surface area is 133 Å². The van der Waals surface area contributed by atoms with E-state index in [1.807, 2.05) is 52.0 Å². The molecule has 1 N–H and O–H groups in total. The van der Waals surface area contributed by atoms with Crippen LogP contribution >= 0.6 is 0 Å². The smallest absolute Gasteiger partial charge is 0.308 e. The van der Waals surface area contributed by atoms with E-state index in [1.165, 1.54) is 0 Å². The first kappa shape index (κ1) is 18.2. The van der Waals surface area contributed by atoms with Crippen LogP contribution in [0.1, 0.15) is 45.7 Å². The molecule has 0 radical (unpaired) electrons. The van der Waals surface area contributed by atoms with Gasteiger partial charge in [-0.1, -0.05) is 18.2 Å². The molecular weight excluding hydrogens is 278 g/mol. The Bertz CT molecular complexity index is 488. The molecule has 0 amide bonds. The van der Waals surface area contributed by atoms with Crippen molar-refractivity contribution in [1.82, 2.24) is 5.32 Å². The van der Waals surface area contributed by atoms with Crippen molar-refractivity contribution in [3.05, 3.63) is 42.5 Å². The molecule has 0 bridgehead atoms. The minimum Gasteiger partial charge on any atom is -0.497 e. The first-order valence-electron chi connectivity index (χ1n) is 7.49. The molecule has 0 aliphatic heterocycles. The fraction of sp³-hybridized carbons (Fsp3) is 0.500. The van der Waals surface area contributed by atoms with E-state index >= 15 is 0 Å². The zero-order valence-corrected chi connectivity index (χ0v) is 14.2. The third kappa shape index (κ3) is 6.31. The van der Waals surface area contributed by atoms with E-state index in [4.69, 9.17) is 9.47 Å². The van der Waals surface area contributed by atoms with Crippen LogP contribution in [0.5, 0.6) is 5.75 Å². The lowest BCUT2D eigenvalue weighted by atomic mass is 10.1. The molecule has 1 rings (SSSR count). The van der Waals surface area contributed by atoms with Gasteiger partial charge in [0.1, 0.15) is 11.4 Å². The molecule has 122 valence electrons. The fourth-order valence-corrected chi connectivity index (χ4v) is 2.08. The standard InChI is InChI=1S/C18H27NO3/c1-7-15(12-17(20)22-18(3,4)5)19-13(2)14-8-10-16(21-6)11-9-14/h7-11,13,15,19H,1,12H2,2-6H3/t13-,15-/m0/s1. The summed E-state index contributed by atoms with van der Waals surface area (Å²) in [7, 11) is 1.64. The summed E-state index contributed by atoms with van der Waals surface area (Å²) < 4.78 is 10.5. The Morgan fingerprint density at radius 2 is 1.91 bits per heavy atom. The molecule has 22 heavy (non-hydrogen) atoms. The number of rotatable bonds is 7. The number of carbonyl (C=O) groups is 1. The van der Waals surface area contributed by atoms with Gasteiger partial charge >= 0.3 is 5.97 Å². The monoisotopic (exact) mass is 305 g/mol. The first-order valence-corrected chi connectivity index (χ1v) is 7.49. The molecule has 0 unspecified atom stereocenters. The van der Waals surface area contributed by atoms with Crippen LogP contribution < -0.4 is 10.1 Å². The van der Waals surface area contributed by atoms with Crippen LogP contribution in [0.3, 0.4) is 0 Å². The number of benzene rings is 1. The molecule has 0 spiro atoms. The van der Waals surface area contributed by atoms with Gasteiger partial charge in [0, 0.05) is 12.1 Å². The van der Waals surface area contributed by atoms with Crippen LogP contribution in [0.15, 0.2) is 36.9 Å². The van der Waals surface area contributed by atoms with Crippen LogP contribution in [0.25, 0.3) is 0 Å². The van der Waals surface area contributed by atoms with Crippen molar-refractivity contribution in [3.63, 3.8) is 0 Å². The van der Waals surface area contributed by atoms with E-state index in [0.717, 1.165) is 11.3 Å². The summed E-state index contributed by atoms with van der Waals surface area (Å²) in [5, 5.41) is 3.38. The van der Waals surface area contributed by atoms with Gasteiger partial charge < -0.3 is 14.8 Å². The second-order valence-corrected chi connectivity index (χ2v) is 6.29. The number of ether oxygens (including phenoxy) is 2. The second-order valence-electron chi connectivity index (χ2n) is 6.29. The normalized spacial score (nSPS) is 14.0. The molecule has 0 saturated carbocycles. The molecule has 1 aromatic rings.